The summed E-state index contributed by atoms with van der Waals surface area (Å²) < 4.78 is 19.6. The molecular formula is C21H18N4O3S. The normalized spacial score (nSPS) is 15.4. The summed E-state index contributed by atoms with van der Waals surface area (Å²) in [6, 6.07) is 17.5. The lowest BCUT2D eigenvalue weighted by Crippen LogP contribution is -2.24. The van der Waals surface area contributed by atoms with Crippen molar-refractivity contribution in [2.45, 2.75) is 17.0 Å². The number of rotatable bonds is 5. The van der Waals surface area contributed by atoms with Gasteiger partial charge in [-0.1, -0.05) is 54.2 Å². The summed E-state index contributed by atoms with van der Waals surface area (Å²) in [5, 5.41) is 9.38. The van der Waals surface area contributed by atoms with Crippen molar-refractivity contribution in [2.75, 3.05) is 6.61 Å². The quantitative estimate of drug-likeness (QED) is 0.458. The van der Waals surface area contributed by atoms with Gasteiger partial charge >= 0.3 is 0 Å². The van der Waals surface area contributed by atoms with Crippen molar-refractivity contribution in [3.8, 4) is 22.8 Å². The number of para-hydroxylation sites is 2. The largest absolute Gasteiger partial charge is 0.485 e. The molecular weight excluding hydrogens is 388 g/mol. The molecule has 0 fully saturated rings. The Morgan fingerprint density at radius 3 is 2.69 bits per heavy atom. The van der Waals surface area contributed by atoms with Crippen molar-refractivity contribution in [3.05, 3.63) is 72.5 Å². The predicted molar refractivity (Wildman–Crippen MR) is 108 cm³/mol. The van der Waals surface area contributed by atoms with Crippen molar-refractivity contribution >= 4 is 11.8 Å². The van der Waals surface area contributed by atoms with E-state index < -0.39 is 0 Å². The van der Waals surface area contributed by atoms with Gasteiger partial charge in [-0.3, -0.25) is 0 Å². The molecule has 146 valence electrons. The number of nitrogens with zero attached hydrogens (tertiary/aromatic N) is 4. The van der Waals surface area contributed by atoms with Crippen molar-refractivity contribution in [1.29, 1.82) is 0 Å². The molecule has 0 saturated heterocycles. The predicted octanol–water partition coefficient (Wildman–Crippen LogP) is 4.27. The zero-order chi connectivity index (χ0) is 19.6. The van der Waals surface area contributed by atoms with Crippen molar-refractivity contribution in [1.82, 2.24) is 19.7 Å². The molecule has 0 amide bonds. The van der Waals surface area contributed by atoms with Gasteiger partial charge in [0.15, 0.2) is 34.3 Å². The van der Waals surface area contributed by atoms with Crippen LogP contribution in [0.3, 0.4) is 0 Å². The Bertz CT molecular complexity index is 1130. The first-order chi connectivity index (χ1) is 14.3. The third-order valence-electron chi connectivity index (χ3n) is 4.60. The van der Waals surface area contributed by atoms with Crippen LogP contribution in [-0.2, 0) is 12.8 Å². The van der Waals surface area contributed by atoms with Crippen LogP contribution in [0.15, 0.2) is 70.4 Å². The van der Waals surface area contributed by atoms with Gasteiger partial charge in [0, 0.05) is 12.6 Å². The van der Waals surface area contributed by atoms with Gasteiger partial charge in [-0.15, -0.1) is 10.2 Å². The van der Waals surface area contributed by atoms with Gasteiger partial charge in [-0.25, -0.2) is 4.98 Å². The summed E-state index contributed by atoms with van der Waals surface area (Å²) in [4.78, 5) is 4.37. The van der Waals surface area contributed by atoms with Crippen LogP contribution in [0.25, 0.3) is 11.3 Å². The second kappa shape index (κ2) is 7.63. The minimum atomic E-state index is -0.303. The van der Waals surface area contributed by atoms with Crippen molar-refractivity contribution in [2.24, 2.45) is 7.05 Å². The maximum absolute atomic E-state index is 6.04. The van der Waals surface area contributed by atoms with Gasteiger partial charge in [0.05, 0.1) is 11.9 Å². The lowest BCUT2D eigenvalue weighted by molar-refractivity contribution is 0.0825. The molecule has 0 saturated carbocycles. The molecule has 3 heterocycles. The number of fused-ring (bicyclic) bond motifs is 1. The van der Waals surface area contributed by atoms with E-state index in [0.717, 1.165) is 28.1 Å². The van der Waals surface area contributed by atoms with E-state index >= 15 is 0 Å². The number of benzene rings is 2. The number of oxazole rings is 1. The average Bonchev–Trinajstić information content (AvgIpc) is 3.39. The molecule has 8 heteroatoms. The van der Waals surface area contributed by atoms with Crippen molar-refractivity contribution < 1.29 is 13.9 Å². The number of hydrogen-bond acceptors (Lipinski definition) is 7. The van der Waals surface area contributed by atoms with Crippen LogP contribution in [0.2, 0.25) is 0 Å². The highest BCUT2D eigenvalue weighted by Gasteiger charge is 2.27. The average molecular weight is 406 g/mol. The highest BCUT2D eigenvalue weighted by Crippen LogP contribution is 2.36. The molecule has 1 aliphatic heterocycles. The van der Waals surface area contributed by atoms with Gasteiger partial charge in [-0.2, -0.15) is 0 Å². The smallest absolute Gasteiger partial charge is 0.205 e. The third kappa shape index (κ3) is 3.58. The Labute approximate surface area is 171 Å². The molecule has 5 rings (SSSR count). The standard InChI is InChI=1S/C21H18N4O3S/c1-25-20(18-12-26-15-9-5-6-10-16(15)27-18)23-24-21(25)29-13-19-22-11-17(28-19)14-7-3-2-4-8-14/h2-11,18H,12-13H2,1H3/t18-/m0/s1. The molecule has 0 bridgehead atoms. The third-order valence-corrected chi connectivity index (χ3v) is 5.61. The van der Waals surface area contributed by atoms with Crippen LogP contribution in [0.5, 0.6) is 11.5 Å². The van der Waals surface area contributed by atoms with E-state index in [1.165, 1.54) is 11.8 Å². The molecule has 0 N–H and O–H groups in total. The molecule has 0 radical (unpaired) electrons. The Kier molecular flexibility index (Phi) is 4.69. The second-order valence-corrected chi connectivity index (χ2v) is 7.48. The highest BCUT2D eigenvalue weighted by atomic mass is 32.2. The molecule has 0 spiro atoms. The maximum atomic E-state index is 6.04. The number of hydrogen-bond donors (Lipinski definition) is 0. The molecule has 1 atom stereocenters. The fourth-order valence-electron chi connectivity index (χ4n) is 3.12. The molecule has 4 aromatic rings. The highest BCUT2D eigenvalue weighted by molar-refractivity contribution is 7.98. The number of thioether (sulfide) groups is 1. The van der Waals surface area contributed by atoms with E-state index in [2.05, 4.69) is 15.2 Å². The summed E-state index contributed by atoms with van der Waals surface area (Å²) in [5.41, 5.74) is 1.01. The van der Waals surface area contributed by atoms with Gasteiger partial charge in [0.1, 0.15) is 6.61 Å². The van der Waals surface area contributed by atoms with E-state index in [9.17, 15) is 0 Å². The molecule has 7 nitrogen and oxygen atoms in total. The molecule has 1 aliphatic rings. The second-order valence-electron chi connectivity index (χ2n) is 6.54. The lowest BCUT2D eigenvalue weighted by Gasteiger charge is -2.25. The Morgan fingerprint density at radius 2 is 1.83 bits per heavy atom. The molecule has 0 unspecified atom stereocenters. The van der Waals surface area contributed by atoms with Gasteiger partial charge in [-0.05, 0) is 12.1 Å². The topological polar surface area (TPSA) is 75.2 Å². The number of ether oxygens (including phenoxy) is 2. The fourth-order valence-corrected chi connectivity index (χ4v) is 3.89. The van der Waals surface area contributed by atoms with Crippen molar-refractivity contribution in [3.63, 3.8) is 0 Å². The molecule has 2 aromatic carbocycles. The molecule has 0 aliphatic carbocycles. The Morgan fingerprint density at radius 1 is 1.03 bits per heavy atom. The van der Waals surface area contributed by atoms with E-state index in [1.807, 2.05) is 66.2 Å². The van der Waals surface area contributed by atoms with Crippen LogP contribution in [0, 0.1) is 0 Å². The minimum Gasteiger partial charge on any atom is -0.485 e. The van der Waals surface area contributed by atoms with E-state index in [1.54, 1.807) is 6.20 Å². The summed E-state index contributed by atoms with van der Waals surface area (Å²) in [5.74, 6) is 4.15. The van der Waals surface area contributed by atoms with E-state index in [0.29, 0.717) is 24.0 Å². The van der Waals surface area contributed by atoms with Gasteiger partial charge in [0.2, 0.25) is 5.89 Å². The maximum Gasteiger partial charge on any atom is 0.205 e. The zero-order valence-corrected chi connectivity index (χ0v) is 16.5. The lowest BCUT2D eigenvalue weighted by atomic mass is 10.2. The SMILES string of the molecule is Cn1c(SCc2ncc(-c3ccccc3)o2)nnc1[C@@H]1COc2ccccc2O1. The Balaban J connectivity index is 1.27. The number of aromatic nitrogens is 4. The Hall–Kier alpha value is -3.26. The minimum absolute atomic E-state index is 0.303. The first kappa shape index (κ1) is 17.8. The molecule has 2 aromatic heterocycles. The first-order valence-electron chi connectivity index (χ1n) is 9.18. The van der Waals surface area contributed by atoms with Crippen LogP contribution >= 0.6 is 11.8 Å². The summed E-state index contributed by atoms with van der Waals surface area (Å²) >= 11 is 1.52. The monoisotopic (exact) mass is 406 g/mol. The van der Waals surface area contributed by atoms with Crippen LogP contribution < -0.4 is 9.47 Å². The van der Waals surface area contributed by atoms with Crippen LogP contribution in [0.4, 0.5) is 0 Å². The summed E-state index contributed by atoms with van der Waals surface area (Å²) in [7, 11) is 1.92. The first-order valence-corrected chi connectivity index (χ1v) is 10.2. The van der Waals surface area contributed by atoms with Gasteiger partial charge < -0.3 is 18.5 Å². The fraction of sp³-hybridized carbons (Fsp3) is 0.190. The van der Waals surface area contributed by atoms with E-state index in [4.69, 9.17) is 13.9 Å². The van der Waals surface area contributed by atoms with Gasteiger partial charge in [0.25, 0.3) is 0 Å². The summed E-state index contributed by atoms with van der Waals surface area (Å²) in [6.45, 7) is 0.397. The van der Waals surface area contributed by atoms with E-state index in [-0.39, 0.29) is 6.10 Å². The molecule has 29 heavy (non-hydrogen) atoms. The summed E-state index contributed by atoms with van der Waals surface area (Å²) in [6.07, 6.45) is 1.45. The van der Waals surface area contributed by atoms with Crippen LogP contribution in [0.1, 0.15) is 17.8 Å². The zero-order valence-electron chi connectivity index (χ0n) is 15.7. The van der Waals surface area contributed by atoms with Crippen LogP contribution in [-0.4, -0.2) is 26.4 Å².